The van der Waals surface area contributed by atoms with E-state index < -0.39 is 16.1 Å². The molecule has 1 amide bonds. The molecule has 1 aliphatic rings. The average molecular weight is 582 g/mol. The van der Waals surface area contributed by atoms with Crippen LogP contribution in [-0.2, 0) is 21.2 Å². The zero-order valence-corrected chi connectivity index (χ0v) is 25.3. The fourth-order valence-electron chi connectivity index (χ4n) is 6.17. The van der Waals surface area contributed by atoms with Crippen LogP contribution < -0.4 is 4.72 Å². The smallest absolute Gasteiger partial charge is 0.241 e. The van der Waals surface area contributed by atoms with Gasteiger partial charge in [0.2, 0.25) is 15.9 Å². The highest BCUT2D eigenvalue weighted by Gasteiger charge is 2.34. The fourth-order valence-corrected chi connectivity index (χ4v) is 7.81. The maximum Gasteiger partial charge on any atom is 0.241 e. The Balaban J connectivity index is 1.37. The van der Waals surface area contributed by atoms with Crippen molar-refractivity contribution in [2.75, 3.05) is 26.2 Å². The van der Waals surface area contributed by atoms with Gasteiger partial charge < -0.3 is 4.90 Å². The summed E-state index contributed by atoms with van der Waals surface area (Å²) in [4.78, 5) is 18.5. The lowest BCUT2D eigenvalue weighted by Crippen LogP contribution is -2.56. The highest BCUT2D eigenvalue weighted by Crippen LogP contribution is 2.30. The largest absolute Gasteiger partial charge is 0.339 e. The van der Waals surface area contributed by atoms with E-state index >= 15 is 0 Å². The molecule has 1 atom stereocenters. The van der Waals surface area contributed by atoms with Gasteiger partial charge in [0, 0.05) is 26.2 Å². The van der Waals surface area contributed by atoms with Gasteiger partial charge in [0.25, 0.3) is 0 Å². The Labute approximate surface area is 250 Å². The SMILES string of the molecule is Cc1cc(C)c(S(=O)(=O)NC(Cc2ccccc2)C(=O)N2CCN(C(c3ccccc3)c3ccccc3)CC2)c(C)c1. The number of hydrogen-bond donors (Lipinski definition) is 1. The van der Waals surface area contributed by atoms with Crippen LogP contribution >= 0.6 is 0 Å². The molecule has 6 nitrogen and oxygen atoms in total. The molecule has 5 rings (SSSR count). The summed E-state index contributed by atoms with van der Waals surface area (Å²) in [5.41, 5.74) is 5.68. The Morgan fingerprint density at radius 1 is 0.738 bits per heavy atom. The summed E-state index contributed by atoms with van der Waals surface area (Å²) in [6.45, 7) is 7.96. The molecule has 0 aliphatic carbocycles. The van der Waals surface area contributed by atoms with E-state index in [1.165, 1.54) is 11.1 Å². The number of carbonyl (C=O) groups is 1. The summed E-state index contributed by atoms with van der Waals surface area (Å²) >= 11 is 0. The molecular formula is C35H39N3O3S. The Hall–Kier alpha value is -3.78. The Bertz CT molecular complexity index is 1540. The lowest BCUT2D eigenvalue weighted by atomic mass is 9.96. The third kappa shape index (κ3) is 6.81. The van der Waals surface area contributed by atoms with E-state index in [4.69, 9.17) is 0 Å². The lowest BCUT2D eigenvalue weighted by molar-refractivity contribution is -0.135. The predicted octanol–water partition coefficient (Wildman–Crippen LogP) is 5.44. The second kappa shape index (κ2) is 13.0. The highest BCUT2D eigenvalue weighted by atomic mass is 32.2. The van der Waals surface area contributed by atoms with Crippen LogP contribution in [-0.4, -0.2) is 56.3 Å². The first-order valence-corrected chi connectivity index (χ1v) is 16.0. The number of rotatable bonds is 9. The van der Waals surface area contributed by atoms with Crippen molar-refractivity contribution in [1.29, 1.82) is 0 Å². The van der Waals surface area contributed by atoms with Crippen LogP contribution in [0.1, 0.15) is 39.4 Å². The second-order valence-electron chi connectivity index (χ2n) is 11.2. The third-order valence-electron chi connectivity index (χ3n) is 7.97. The lowest BCUT2D eigenvalue weighted by Gasteiger charge is -2.40. The first kappa shape index (κ1) is 29.7. The number of carbonyl (C=O) groups excluding carboxylic acids is 1. The molecule has 0 radical (unpaired) electrons. The van der Waals surface area contributed by atoms with Gasteiger partial charge in [-0.2, -0.15) is 4.72 Å². The molecule has 0 saturated carbocycles. The number of nitrogens with one attached hydrogen (secondary N) is 1. The van der Waals surface area contributed by atoms with E-state index in [9.17, 15) is 13.2 Å². The molecule has 1 N–H and O–H groups in total. The van der Waals surface area contributed by atoms with Crippen LogP contribution in [0.4, 0.5) is 0 Å². The summed E-state index contributed by atoms with van der Waals surface area (Å²) in [5, 5.41) is 0. The van der Waals surface area contributed by atoms with Gasteiger partial charge in [-0.3, -0.25) is 9.69 Å². The topological polar surface area (TPSA) is 69.7 Å². The van der Waals surface area contributed by atoms with Crippen LogP contribution in [0.15, 0.2) is 108 Å². The molecule has 7 heteroatoms. The molecule has 4 aromatic rings. The normalized spacial score (nSPS) is 15.1. The molecule has 0 aromatic heterocycles. The van der Waals surface area contributed by atoms with Crippen LogP contribution in [0.2, 0.25) is 0 Å². The molecular weight excluding hydrogens is 542 g/mol. The van der Waals surface area contributed by atoms with Gasteiger partial charge >= 0.3 is 0 Å². The minimum atomic E-state index is -3.95. The minimum absolute atomic E-state index is 0.0794. The minimum Gasteiger partial charge on any atom is -0.339 e. The molecule has 0 spiro atoms. The third-order valence-corrected chi connectivity index (χ3v) is 9.75. The van der Waals surface area contributed by atoms with Crippen LogP contribution in [0.5, 0.6) is 0 Å². The number of amides is 1. The summed E-state index contributed by atoms with van der Waals surface area (Å²) in [6, 6.07) is 33.4. The molecule has 1 aliphatic heterocycles. The van der Waals surface area contributed by atoms with Crippen molar-refractivity contribution >= 4 is 15.9 Å². The molecule has 1 fully saturated rings. The first-order valence-electron chi connectivity index (χ1n) is 14.5. The zero-order chi connectivity index (χ0) is 29.7. The summed E-state index contributed by atoms with van der Waals surface area (Å²) in [7, 11) is -3.95. The van der Waals surface area contributed by atoms with Crippen molar-refractivity contribution in [2.45, 2.75) is 44.2 Å². The van der Waals surface area contributed by atoms with Crippen molar-refractivity contribution in [3.8, 4) is 0 Å². The van der Waals surface area contributed by atoms with Crippen molar-refractivity contribution in [3.63, 3.8) is 0 Å². The molecule has 1 heterocycles. The van der Waals surface area contributed by atoms with Gasteiger partial charge in [0.05, 0.1) is 10.9 Å². The second-order valence-corrected chi connectivity index (χ2v) is 12.8. The van der Waals surface area contributed by atoms with E-state index in [1.807, 2.05) is 66.4 Å². The molecule has 42 heavy (non-hydrogen) atoms. The number of piperazine rings is 1. The van der Waals surface area contributed by atoms with Crippen molar-refractivity contribution in [3.05, 3.63) is 137 Å². The van der Waals surface area contributed by atoms with Crippen molar-refractivity contribution in [1.82, 2.24) is 14.5 Å². The van der Waals surface area contributed by atoms with E-state index in [1.54, 1.807) is 13.8 Å². The Morgan fingerprint density at radius 2 is 1.21 bits per heavy atom. The van der Waals surface area contributed by atoms with Gasteiger partial charge in [-0.05, 0) is 55.0 Å². The van der Waals surface area contributed by atoms with Crippen LogP contribution in [0.3, 0.4) is 0 Å². The molecule has 1 unspecified atom stereocenters. The standard InChI is InChI=1S/C35H39N3O3S/c1-26-23-27(2)34(28(3)24-26)42(40,41)36-32(25-29-13-7-4-8-14-29)35(39)38-21-19-37(20-22-38)33(30-15-9-5-10-16-30)31-17-11-6-12-18-31/h4-18,23-24,32-33,36H,19-22,25H2,1-3H3. The average Bonchev–Trinajstić information content (AvgIpc) is 2.98. The van der Waals surface area contributed by atoms with Crippen LogP contribution in [0, 0.1) is 20.8 Å². The van der Waals surface area contributed by atoms with Gasteiger partial charge in [0.1, 0.15) is 6.04 Å². The Morgan fingerprint density at radius 3 is 1.71 bits per heavy atom. The quantitative estimate of drug-likeness (QED) is 0.286. The maximum absolute atomic E-state index is 14.0. The summed E-state index contributed by atoms with van der Waals surface area (Å²) in [5.74, 6) is -0.194. The monoisotopic (exact) mass is 581 g/mol. The summed E-state index contributed by atoms with van der Waals surface area (Å²) in [6.07, 6.45) is 0.278. The predicted molar refractivity (Wildman–Crippen MR) is 168 cm³/mol. The van der Waals surface area contributed by atoms with Crippen LogP contribution in [0.25, 0.3) is 0 Å². The zero-order valence-electron chi connectivity index (χ0n) is 24.5. The Kier molecular flexibility index (Phi) is 9.21. The van der Waals surface area contributed by atoms with Crippen molar-refractivity contribution in [2.24, 2.45) is 0 Å². The highest BCUT2D eigenvalue weighted by molar-refractivity contribution is 7.89. The van der Waals surface area contributed by atoms with E-state index in [0.717, 1.165) is 11.1 Å². The summed E-state index contributed by atoms with van der Waals surface area (Å²) < 4.78 is 30.3. The maximum atomic E-state index is 14.0. The molecule has 218 valence electrons. The molecule has 4 aromatic carbocycles. The molecule has 0 bridgehead atoms. The van der Waals surface area contributed by atoms with E-state index in [0.29, 0.717) is 37.3 Å². The van der Waals surface area contributed by atoms with E-state index in [-0.39, 0.29) is 23.3 Å². The van der Waals surface area contributed by atoms with Gasteiger partial charge in [-0.1, -0.05) is 109 Å². The number of benzene rings is 4. The van der Waals surface area contributed by atoms with Crippen molar-refractivity contribution < 1.29 is 13.2 Å². The number of hydrogen-bond acceptors (Lipinski definition) is 4. The number of nitrogens with zero attached hydrogens (tertiary/aromatic N) is 2. The van der Waals surface area contributed by atoms with Gasteiger partial charge in [-0.25, -0.2) is 8.42 Å². The fraction of sp³-hybridized carbons (Fsp3) is 0.286. The van der Waals surface area contributed by atoms with E-state index in [2.05, 4.69) is 58.2 Å². The van der Waals surface area contributed by atoms with Gasteiger partial charge in [0.15, 0.2) is 0 Å². The number of sulfonamides is 1. The molecule has 1 saturated heterocycles. The number of aryl methyl sites for hydroxylation is 3. The first-order chi connectivity index (χ1) is 20.2. The van der Waals surface area contributed by atoms with Gasteiger partial charge in [-0.15, -0.1) is 0 Å².